The highest BCUT2D eigenvalue weighted by Crippen LogP contribution is 2.20. The molecule has 0 aliphatic rings. The fraction of sp³-hybridized carbons (Fsp3) is 0.857. The molecular weight excluding hydrogens is 256 g/mol. The lowest BCUT2D eigenvalue weighted by Gasteiger charge is -2.25. The van der Waals surface area contributed by atoms with Crippen LogP contribution in [0.1, 0.15) is 46.7 Å². The Morgan fingerprint density at radius 3 is 2.32 bits per heavy atom. The van der Waals surface area contributed by atoms with Gasteiger partial charge in [0.1, 0.15) is 10.7 Å². The third-order valence-corrected chi connectivity index (χ3v) is 3.44. The topological polar surface area (TPSA) is 41.1 Å². The molecule has 4 nitrogen and oxygen atoms in total. The monoisotopic (exact) mass is 284 g/mol. The normalized spacial score (nSPS) is 11.8. The number of aromatic nitrogens is 2. The molecule has 0 aliphatic carbocycles. The Hall–Kier alpha value is -0.680. The van der Waals surface area contributed by atoms with E-state index in [0.717, 1.165) is 43.3 Å². The van der Waals surface area contributed by atoms with Crippen molar-refractivity contribution in [2.24, 2.45) is 11.8 Å². The van der Waals surface area contributed by atoms with Crippen LogP contribution in [0.3, 0.4) is 0 Å². The van der Waals surface area contributed by atoms with Gasteiger partial charge < -0.3 is 5.32 Å². The van der Waals surface area contributed by atoms with E-state index in [9.17, 15) is 0 Å². The van der Waals surface area contributed by atoms with Crippen molar-refractivity contribution in [3.8, 4) is 0 Å². The molecule has 1 rings (SSSR count). The van der Waals surface area contributed by atoms with Crippen LogP contribution in [0.4, 0.5) is 5.00 Å². The maximum absolute atomic E-state index is 4.29. The number of nitrogens with one attached hydrogen (secondary N) is 1. The Morgan fingerprint density at radius 1 is 1.16 bits per heavy atom. The molecule has 1 aromatic heterocycles. The minimum absolute atomic E-state index is 0.678. The summed E-state index contributed by atoms with van der Waals surface area (Å²) >= 11 is 1.47. The second-order valence-electron chi connectivity index (χ2n) is 5.96. The first-order valence-corrected chi connectivity index (χ1v) is 8.07. The fourth-order valence-electron chi connectivity index (χ4n) is 2.13. The molecule has 0 saturated heterocycles. The summed E-state index contributed by atoms with van der Waals surface area (Å²) in [7, 11) is 0. The van der Waals surface area contributed by atoms with Gasteiger partial charge in [-0.1, -0.05) is 39.1 Å². The highest BCUT2D eigenvalue weighted by molar-refractivity contribution is 7.10. The van der Waals surface area contributed by atoms with Crippen molar-refractivity contribution < 1.29 is 0 Å². The van der Waals surface area contributed by atoms with Crippen LogP contribution in [0.15, 0.2) is 0 Å². The first-order chi connectivity index (χ1) is 9.02. The second-order valence-corrected chi connectivity index (χ2v) is 6.71. The Balaban J connectivity index is 2.64. The molecule has 0 saturated carbocycles. The van der Waals surface area contributed by atoms with E-state index < -0.39 is 0 Å². The van der Waals surface area contributed by atoms with Crippen molar-refractivity contribution in [3.05, 3.63) is 5.69 Å². The van der Waals surface area contributed by atoms with Crippen molar-refractivity contribution >= 4 is 16.5 Å². The van der Waals surface area contributed by atoms with E-state index in [-0.39, 0.29) is 0 Å². The van der Waals surface area contributed by atoms with Gasteiger partial charge in [-0.3, -0.25) is 4.90 Å². The van der Waals surface area contributed by atoms with E-state index in [2.05, 4.69) is 54.4 Å². The predicted octanol–water partition coefficient (Wildman–Crippen LogP) is 3.47. The number of nitrogens with zero attached hydrogens (tertiary/aromatic N) is 3. The van der Waals surface area contributed by atoms with Gasteiger partial charge in [-0.15, -0.1) is 5.10 Å². The van der Waals surface area contributed by atoms with Crippen LogP contribution in [-0.4, -0.2) is 34.1 Å². The Bertz CT molecular complexity index is 339. The van der Waals surface area contributed by atoms with E-state index in [1.54, 1.807) is 0 Å². The quantitative estimate of drug-likeness (QED) is 0.754. The molecule has 5 heteroatoms. The van der Waals surface area contributed by atoms with Gasteiger partial charge in [-0.05, 0) is 18.3 Å². The van der Waals surface area contributed by atoms with E-state index >= 15 is 0 Å². The summed E-state index contributed by atoms with van der Waals surface area (Å²) in [6.45, 7) is 15.4. The zero-order chi connectivity index (χ0) is 14.3. The van der Waals surface area contributed by atoms with Crippen LogP contribution in [0.25, 0.3) is 0 Å². The van der Waals surface area contributed by atoms with Crippen LogP contribution >= 0.6 is 11.5 Å². The summed E-state index contributed by atoms with van der Waals surface area (Å²) in [6.07, 6.45) is 1.12. The molecule has 0 amide bonds. The minimum atomic E-state index is 0.678. The van der Waals surface area contributed by atoms with Crippen molar-refractivity contribution in [3.63, 3.8) is 0 Å². The largest absolute Gasteiger partial charge is 0.374 e. The Kier molecular flexibility index (Phi) is 7.31. The molecule has 0 fully saturated rings. The Morgan fingerprint density at radius 2 is 1.79 bits per heavy atom. The van der Waals surface area contributed by atoms with Gasteiger partial charge >= 0.3 is 0 Å². The van der Waals surface area contributed by atoms with Crippen molar-refractivity contribution in [2.75, 3.05) is 25.0 Å². The van der Waals surface area contributed by atoms with Crippen LogP contribution in [0, 0.1) is 11.8 Å². The van der Waals surface area contributed by atoms with Gasteiger partial charge in [0.05, 0.1) is 0 Å². The van der Waals surface area contributed by atoms with Crippen molar-refractivity contribution in [1.29, 1.82) is 0 Å². The summed E-state index contributed by atoms with van der Waals surface area (Å²) in [6, 6.07) is 0. The molecule has 0 aliphatic heterocycles. The zero-order valence-corrected chi connectivity index (χ0v) is 13.8. The molecule has 19 heavy (non-hydrogen) atoms. The van der Waals surface area contributed by atoms with Gasteiger partial charge in [0.2, 0.25) is 0 Å². The molecule has 1 heterocycles. The van der Waals surface area contributed by atoms with Crippen LogP contribution in [0.5, 0.6) is 0 Å². The maximum Gasteiger partial charge on any atom is 0.134 e. The first kappa shape index (κ1) is 16.4. The van der Waals surface area contributed by atoms with E-state index in [1.165, 1.54) is 11.5 Å². The smallest absolute Gasteiger partial charge is 0.134 e. The van der Waals surface area contributed by atoms with Crippen molar-refractivity contribution in [1.82, 2.24) is 14.5 Å². The van der Waals surface area contributed by atoms with Crippen LogP contribution in [-0.2, 0) is 6.54 Å². The third-order valence-electron chi connectivity index (χ3n) is 2.71. The van der Waals surface area contributed by atoms with E-state index in [1.807, 2.05) is 0 Å². The van der Waals surface area contributed by atoms with Crippen molar-refractivity contribution in [2.45, 2.75) is 47.6 Å². The second kappa shape index (κ2) is 8.48. The third kappa shape index (κ3) is 6.34. The molecule has 0 aromatic carbocycles. The lowest BCUT2D eigenvalue weighted by atomic mass is 10.1. The number of anilines is 1. The average Bonchev–Trinajstić information content (AvgIpc) is 2.72. The summed E-state index contributed by atoms with van der Waals surface area (Å²) in [5.74, 6) is 1.36. The molecule has 110 valence electrons. The lowest BCUT2D eigenvalue weighted by Crippen LogP contribution is -2.31. The highest BCUT2D eigenvalue weighted by atomic mass is 32.1. The highest BCUT2D eigenvalue weighted by Gasteiger charge is 2.15. The predicted molar refractivity (Wildman–Crippen MR) is 83.6 cm³/mol. The molecule has 0 atom stereocenters. The van der Waals surface area contributed by atoms with Crippen LogP contribution < -0.4 is 5.32 Å². The Labute approximate surface area is 121 Å². The molecular formula is C14H28N4S. The molecule has 1 aromatic rings. The zero-order valence-electron chi connectivity index (χ0n) is 12.9. The van der Waals surface area contributed by atoms with Gasteiger partial charge in [0.15, 0.2) is 0 Å². The SMILES string of the molecule is CCCNc1snnc1CN(CC(C)C)CC(C)C. The fourth-order valence-corrected chi connectivity index (χ4v) is 2.73. The van der Waals surface area contributed by atoms with Gasteiger partial charge in [0.25, 0.3) is 0 Å². The summed E-state index contributed by atoms with van der Waals surface area (Å²) < 4.78 is 4.09. The summed E-state index contributed by atoms with van der Waals surface area (Å²) in [5, 5.41) is 8.85. The van der Waals surface area contributed by atoms with Gasteiger partial charge in [0, 0.05) is 37.7 Å². The number of hydrogen-bond acceptors (Lipinski definition) is 5. The average molecular weight is 284 g/mol. The molecule has 0 bridgehead atoms. The number of rotatable bonds is 9. The summed E-state index contributed by atoms with van der Waals surface area (Å²) in [4.78, 5) is 2.49. The number of hydrogen-bond donors (Lipinski definition) is 1. The van der Waals surface area contributed by atoms with E-state index in [4.69, 9.17) is 0 Å². The summed E-state index contributed by atoms with van der Waals surface area (Å²) in [5.41, 5.74) is 1.10. The molecule has 1 N–H and O–H groups in total. The van der Waals surface area contributed by atoms with Crippen LogP contribution in [0.2, 0.25) is 0 Å². The minimum Gasteiger partial charge on any atom is -0.374 e. The molecule has 0 spiro atoms. The molecule has 0 unspecified atom stereocenters. The molecule has 0 radical (unpaired) electrons. The standard InChI is InChI=1S/C14H28N4S/c1-6-7-15-14-13(16-17-19-14)10-18(8-11(2)3)9-12(4)5/h11-12,15H,6-10H2,1-5H3. The maximum atomic E-state index is 4.29. The van der Waals surface area contributed by atoms with Gasteiger partial charge in [-0.25, -0.2) is 0 Å². The van der Waals surface area contributed by atoms with E-state index in [0.29, 0.717) is 11.8 Å². The van der Waals surface area contributed by atoms with Gasteiger partial charge in [-0.2, -0.15) is 0 Å². The lowest BCUT2D eigenvalue weighted by molar-refractivity contribution is 0.209. The first-order valence-electron chi connectivity index (χ1n) is 7.30.